The third-order valence-electron chi connectivity index (χ3n) is 3.40. The van der Waals surface area contributed by atoms with E-state index in [0.717, 1.165) is 17.5 Å². The van der Waals surface area contributed by atoms with E-state index < -0.39 is 0 Å². The van der Waals surface area contributed by atoms with Crippen molar-refractivity contribution in [2.45, 2.75) is 25.2 Å². The van der Waals surface area contributed by atoms with Crippen molar-refractivity contribution in [2.24, 2.45) is 5.92 Å². The Hall–Kier alpha value is -0.530. The van der Waals surface area contributed by atoms with E-state index in [1.54, 1.807) is 0 Å². The van der Waals surface area contributed by atoms with E-state index in [1.165, 1.54) is 24.8 Å². The van der Waals surface area contributed by atoms with Crippen molar-refractivity contribution >= 4 is 11.6 Å². The molecule has 0 saturated heterocycles. The summed E-state index contributed by atoms with van der Waals surface area (Å²) < 4.78 is 0. The maximum atomic E-state index is 6.03. The topological polar surface area (TPSA) is 12.0 Å². The molecule has 1 aliphatic carbocycles. The molecule has 1 aromatic carbocycles. The van der Waals surface area contributed by atoms with E-state index in [4.69, 9.17) is 11.6 Å². The summed E-state index contributed by atoms with van der Waals surface area (Å²) in [5.74, 6) is 1.49. The van der Waals surface area contributed by atoms with Crippen LogP contribution in [-0.4, -0.2) is 13.6 Å². The molecule has 0 amide bonds. The predicted molar refractivity (Wildman–Crippen MR) is 65.5 cm³/mol. The molecule has 2 atom stereocenters. The van der Waals surface area contributed by atoms with Gasteiger partial charge in [0, 0.05) is 5.02 Å². The third kappa shape index (κ3) is 2.53. The zero-order valence-corrected chi connectivity index (χ0v) is 9.93. The largest absolute Gasteiger partial charge is 0.319 e. The Morgan fingerprint density at radius 2 is 2.27 bits per heavy atom. The smallest absolute Gasteiger partial charge is 0.0408 e. The van der Waals surface area contributed by atoms with Crippen molar-refractivity contribution in [1.82, 2.24) is 5.32 Å². The van der Waals surface area contributed by atoms with Crippen molar-refractivity contribution in [3.63, 3.8) is 0 Å². The first-order chi connectivity index (χ1) is 7.31. The number of nitrogens with one attached hydrogen (secondary N) is 1. The molecule has 2 rings (SSSR count). The molecule has 15 heavy (non-hydrogen) atoms. The molecule has 0 radical (unpaired) electrons. The average molecular weight is 224 g/mol. The Balaban J connectivity index is 2.15. The van der Waals surface area contributed by atoms with Gasteiger partial charge in [0.15, 0.2) is 0 Å². The van der Waals surface area contributed by atoms with Crippen molar-refractivity contribution < 1.29 is 0 Å². The Kier molecular flexibility index (Phi) is 3.66. The van der Waals surface area contributed by atoms with E-state index in [1.807, 2.05) is 13.1 Å². The number of hydrogen-bond acceptors (Lipinski definition) is 1. The molecule has 1 N–H and O–H groups in total. The van der Waals surface area contributed by atoms with E-state index in [9.17, 15) is 0 Å². The fourth-order valence-electron chi connectivity index (χ4n) is 2.72. The molecule has 1 saturated carbocycles. The summed E-state index contributed by atoms with van der Waals surface area (Å²) in [6.07, 6.45) is 4.01. The quantitative estimate of drug-likeness (QED) is 0.828. The molecule has 0 aliphatic heterocycles. The van der Waals surface area contributed by atoms with E-state index in [2.05, 4.69) is 23.5 Å². The van der Waals surface area contributed by atoms with Crippen LogP contribution in [0, 0.1) is 5.92 Å². The fraction of sp³-hybridized carbons (Fsp3) is 0.538. The molecule has 0 heterocycles. The molecule has 1 aliphatic rings. The molecule has 0 spiro atoms. The molecule has 1 nitrogen and oxygen atoms in total. The van der Waals surface area contributed by atoms with Crippen LogP contribution in [-0.2, 0) is 0 Å². The molecule has 82 valence electrons. The van der Waals surface area contributed by atoms with Gasteiger partial charge in [-0.25, -0.2) is 0 Å². The van der Waals surface area contributed by atoms with Gasteiger partial charge in [0.2, 0.25) is 0 Å². The standard InChI is InChI=1S/C13H18ClN/c1-15-9-11-5-3-7-13(11)10-4-2-6-12(14)8-10/h2,4,6,8,11,13,15H,3,5,7,9H2,1H3. The van der Waals surface area contributed by atoms with Crippen molar-refractivity contribution in [3.05, 3.63) is 34.9 Å². The highest BCUT2D eigenvalue weighted by Gasteiger charge is 2.27. The highest BCUT2D eigenvalue weighted by atomic mass is 35.5. The van der Waals surface area contributed by atoms with Gasteiger partial charge in [0.05, 0.1) is 0 Å². The Labute approximate surface area is 96.8 Å². The summed E-state index contributed by atoms with van der Waals surface area (Å²) in [6, 6.07) is 8.35. The van der Waals surface area contributed by atoms with Crippen LogP contribution in [0.5, 0.6) is 0 Å². The van der Waals surface area contributed by atoms with Crippen LogP contribution in [0.3, 0.4) is 0 Å². The minimum Gasteiger partial charge on any atom is -0.319 e. The maximum Gasteiger partial charge on any atom is 0.0408 e. The second-order valence-electron chi connectivity index (χ2n) is 4.41. The van der Waals surface area contributed by atoms with Crippen LogP contribution in [0.15, 0.2) is 24.3 Å². The Morgan fingerprint density at radius 1 is 1.40 bits per heavy atom. The first kappa shape index (κ1) is 11.0. The van der Waals surface area contributed by atoms with E-state index in [-0.39, 0.29) is 0 Å². The average Bonchev–Trinajstić information content (AvgIpc) is 2.66. The van der Waals surface area contributed by atoms with Gasteiger partial charge in [-0.2, -0.15) is 0 Å². The third-order valence-corrected chi connectivity index (χ3v) is 3.64. The van der Waals surface area contributed by atoms with Gasteiger partial charge in [-0.15, -0.1) is 0 Å². The van der Waals surface area contributed by atoms with Crippen LogP contribution < -0.4 is 5.32 Å². The number of rotatable bonds is 3. The number of hydrogen-bond donors (Lipinski definition) is 1. The lowest BCUT2D eigenvalue weighted by Crippen LogP contribution is -2.20. The summed E-state index contributed by atoms with van der Waals surface area (Å²) in [5, 5.41) is 4.15. The minimum atomic E-state index is 0.705. The summed E-state index contributed by atoms with van der Waals surface area (Å²) in [4.78, 5) is 0. The second kappa shape index (κ2) is 5.00. The first-order valence-electron chi connectivity index (χ1n) is 5.71. The van der Waals surface area contributed by atoms with E-state index >= 15 is 0 Å². The lowest BCUT2D eigenvalue weighted by atomic mass is 9.89. The zero-order valence-electron chi connectivity index (χ0n) is 9.17. The van der Waals surface area contributed by atoms with Crippen molar-refractivity contribution in [2.75, 3.05) is 13.6 Å². The molecular formula is C13H18ClN. The van der Waals surface area contributed by atoms with Crippen molar-refractivity contribution in [3.8, 4) is 0 Å². The van der Waals surface area contributed by atoms with Crippen LogP contribution in [0.1, 0.15) is 30.7 Å². The monoisotopic (exact) mass is 223 g/mol. The van der Waals surface area contributed by atoms with Crippen LogP contribution >= 0.6 is 11.6 Å². The molecule has 2 unspecified atom stereocenters. The Morgan fingerprint density at radius 3 is 3.00 bits per heavy atom. The molecule has 2 heteroatoms. The zero-order chi connectivity index (χ0) is 10.7. The van der Waals surface area contributed by atoms with Crippen molar-refractivity contribution in [1.29, 1.82) is 0 Å². The van der Waals surface area contributed by atoms with Gasteiger partial charge in [-0.3, -0.25) is 0 Å². The van der Waals surface area contributed by atoms with Crippen LogP contribution in [0.25, 0.3) is 0 Å². The lowest BCUT2D eigenvalue weighted by Gasteiger charge is -2.19. The molecule has 1 fully saturated rings. The number of halogens is 1. The van der Waals surface area contributed by atoms with Gasteiger partial charge < -0.3 is 5.32 Å². The maximum absolute atomic E-state index is 6.03. The normalized spacial score (nSPS) is 25.7. The van der Waals surface area contributed by atoms with E-state index in [0.29, 0.717) is 5.92 Å². The predicted octanol–water partition coefficient (Wildman–Crippen LogP) is 3.44. The minimum absolute atomic E-state index is 0.705. The Bertz CT molecular complexity index is 324. The van der Waals surface area contributed by atoms with Gasteiger partial charge in [-0.05, 0) is 56.0 Å². The summed E-state index contributed by atoms with van der Waals surface area (Å²) in [7, 11) is 2.04. The fourth-order valence-corrected chi connectivity index (χ4v) is 2.92. The van der Waals surface area contributed by atoms with Gasteiger partial charge in [0.1, 0.15) is 0 Å². The first-order valence-corrected chi connectivity index (χ1v) is 6.09. The van der Waals surface area contributed by atoms with Gasteiger partial charge in [0.25, 0.3) is 0 Å². The van der Waals surface area contributed by atoms with Crippen LogP contribution in [0.4, 0.5) is 0 Å². The number of benzene rings is 1. The summed E-state index contributed by atoms with van der Waals surface area (Å²) in [5.41, 5.74) is 1.42. The SMILES string of the molecule is CNCC1CCCC1c1cccc(Cl)c1. The molecular weight excluding hydrogens is 206 g/mol. The highest BCUT2D eigenvalue weighted by Crippen LogP contribution is 2.39. The summed E-state index contributed by atoms with van der Waals surface area (Å²) in [6.45, 7) is 1.12. The molecule has 1 aromatic rings. The second-order valence-corrected chi connectivity index (χ2v) is 4.85. The van der Waals surface area contributed by atoms with Gasteiger partial charge in [-0.1, -0.05) is 30.2 Å². The molecule has 0 aromatic heterocycles. The highest BCUT2D eigenvalue weighted by molar-refractivity contribution is 6.30. The lowest BCUT2D eigenvalue weighted by molar-refractivity contribution is 0.462. The summed E-state index contributed by atoms with van der Waals surface area (Å²) >= 11 is 6.03. The molecule has 0 bridgehead atoms. The van der Waals surface area contributed by atoms with Crippen LogP contribution in [0.2, 0.25) is 5.02 Å². The van der Waals surface area contributed by atoms with Gasteiger partial charge >= 0.3 is 0 Å².